The standard InChI is InChI=1S/C9H12OS2/c1-6-4-7(10)9(12-3)5-8(6)11-2/h4-5,10H,1-3H3. The van der Waals surface area contributed by atoms with Gasteiger partial charge in [0.1, 0.15) is 5.75 Å². The van der Waals surface area contributed by atoms with Crippen molar-refractivity contribution in [2.75, 3.05) is 12.5 Å². The Morgan fingerprint density at radius 2 is 1.67 bits per heavy atom. The summed E-state index contributed by atoms with van der Waals surface area (Å²) in [6, 6.07) is 3.84. The highest BCUT2D eigenvalue weighted by molar-refractivity contribution is 7.99. The summed E-state index contributed by atoms with van der Waals surface area (Å²) in [4.78, 5) is 2.18. The number of phenolic OH excluding ortho intramolecular Hbond substituents is 1. The lowest BCUT2D eigenvalue weighted by molar-refractivity contribution is 0.461. The van der Waals surface area contributed by atoms with Crippen LogP contribution in [-0.4, -0.2) is 17.6 Å². The molecule has 0 aliphatic heterocycles. The van der Waals surface area contributed by atoms with Gasteiger partial charge in [-0.25, -0.2) is 0 Å². The molecule has 0 fully saturated rings. The van der Waals surface area contributed by atoms with E-state index in [9.17, 15) is 5.11 Å². The summed E-state index contributed by atoms with van der Waals surface area (Å²) in [6.45, 7) is 2.01. The topological polar surface area (TPSA) is 20.2 Å². The highest BCUT2D eigenvalue weighted by Crippen LogP contribution is 2.33. The van der Waals surface area contributed by atoms with Crippen molar-refractivity contribution < 1.29 is 5.11 Å². The SMILES string of the molecule is CSc1cc(SC)c(O)cc1C. The molecule has 0 amide bonds. The molecule has 0 radical (unpaired) electrons. The molecule has 1 nitrogen and oxygen atoms in total. The van der Waals surface area contributed by atoms with E-state index < -0.39 is 0 Å². The van der Waals surface area contributed by atoms with E-state index in [1.54, 1.807) is 23.5 Å². The Hall–Kier alpha value is -0.280. The van der Waals surface area contributed by atoms with E-state index in [4.69, 9.17) is 0 Å². The number of benzene rings is 1. The first kappa shape index (κ1) is 9.81. The van der Waals surface area contributed by atoms with E-state index in [1.165, 1.54) is 4.90 Å². The van der Waals surface area contributed by atoms with Crippen LogP contribution in [0, 0.1) is 6.92 Å². The second kappa shape index (κ2) is 4.10. The summed E-state index contributed by atoms with van der Waals surface area (Å²) in [5.41, 5.74) is 1.14. The smallest absolute Gasteiger partial charge is 0.129 e. The largest absolute Gasteiger partial charge is 0.507 e. The van der Waals surface area contributed by atoms with Gasteiger partial charge in [0.05, 0.1) is 0 Å². The van der Waals surface area contributed by atoms with Crippen LogP contribution in [0.4, 0.5) is 0 Å². The zero-order chi connectivity index (χ0) is 9.14. The van der Waals surface area contributed by atoms with Gasteiger partial charge in [-0.05, 0) is 37.1 Å². The number of phenols is 1. The zero-order valence-corrected chi connectivity index (χ0v) is 9.05. The molecule has 0 unspecified atom stereocenters. The van der Waals surface area contributed by atoms with Crippen molar-refractivity contribution in [2.24, 2.45) is 0 Å². The van der Waals surface area contributed by atoms with Crippen LogP contribution in [0.1, 0.15) is 5.56 Å². The second-order valence-corrected chi connectivity index (χ2v) is 4.19. The van der Waals surface area contributed by atoms with Crippen LogP contribution in [-0.2, 0) is 0 Å². The predicted octanol–water partition coefficient (Wildman–Crippen LogP) is 3.14. The van der Waals surface area contributed by atoms with Gasteiger partial charge >= 0.3 is 0 Å². The summed E-state index contributed by atoms with van der Waals surface area (Å²) in [5, 5.41) is 9.48. The van der Waals surface area contributed by atoms with Crippen LogP contribution in [0.5, 0.6) is 5.75 Å². The number of aryl methyl sites for hydroxylation is 1. The van der Waals surface area contributed by atoms with Crippen molar-refractivity contribution in [3.8, 4) is 5.75 Å². The molecule has 12 heavy (non-hydrogen) atoms. The van der Waals surface area contributed by atoms with Gasteiger partial charge in [0, 0.05) is 9.79 Å². The van der Waals surface area contributed by atoms with Crippen LogP contribution in [0.3, 0.4) is 0 Å². The van der Waals surface area contributed by atoms with E-state index in [0.717, 1.165) is 10.5 Å². The normalized spacial score (nSPS) is 10.2. The van der Waals surface area contributed by atoms with Crippen LogP contribution in [0.25, 0.3) is 0 Å². The van der Waals surface area contributed by atoms with Crippen molar-refractivity contribution >= 4 is 23.5 Å². The van der Waals surface area contributed by atoms with Crippen LogP contribution in [0.15, 0.2) is 21.9 Å². The molecule has 1 aromatic carbocycles. The summed E-state index contributed by atoms with van der Waals surface area (Å²) in [6.07, 6.45) is 4.01. The molecule has 0 spiro atoms. The highest BCUT2D eigenvalue weighted by Gasteiger charge is 2.04. The lowest BCUT2D eigenvalue weighted by atomic mass is 10.2. The lowest BCUT2D eigenvalue weighted by Crippen LogP contribution is -1.81. The minimum Gasteiger partial charge on any atom is -0.507 e. The number of hydrogen-bond donors (Lipinski definition) is 1. The average molecular weight is 200 g/mol. The molecule has 0 bridgehead atoms. The number of thioether (sulfide) groups is 2. The molecular formula is C9H12OS2. The van der Waals surface area contributed by atoms with Gasteiger partial charge < -0.3 is 5.11 Å². The first-order valence-corrected chi connectivity index (χ1v) is 6.05. The zero-order valence-electron chi connectivity index (χ0n) is 7.42. The highest BCUT2D eigenvalue weighted by atomic mass is 32.2. The number of hydrogen-bond acceptors (Lipinski definition) is 3. The third-order valence-corrected chi connectivity index (χ3v) is 3.34. The van der Waals surface area contributed by atoms with Crippen molar-refractivity contribution in [2.45, 2.75) is 16.7 Å². The first-order valence-electron chi connectivity index (χ1n) is 3.60. The molecule has 0 aliphatic carbocycles. The Morgan fingerprint density at radius 1 is 1.08 bits per heavy atom. The van der Waals surface area contributed by atoms with Crippen molar-refractivity contribution in [3.05, 3.63) is 17.7 Å². The van der Waals surface area contributed by atoms with E-state index >= 15 is 0 Å². The third-order valence-electron chi connectivity index (χ3n) is 1.70. The second-order valence-electron chi connectivity index (χ2n) is 2.49. The Labute approximate surface area is 81.6 Å². The predicted molar refractivity (Wildman–Crippen MR) is 56.4 cm³/mol. The van der Waals surface area contributed by atoms with Crippen molar-refractivity contribution in [3.63, 3.8) is 0 Å². The summed E-state index contributed by atoms with van der Waals surface area (Å²) in [7, 11) is 0. The number of rotatable bonds is 2. The minimum atomic E-state index is 0.387. The van der Waals surface area contributed by atoms with Gasteiger partial charge in [0.2, 0.25) is 0 Å². The van der Waals surface area contributed by atoms with E-state index in [2.05, 4.69) is 0 Å². The van der Waals surface area contributed by atoms with Gasteiger partial charge in [-0.2, -0.15) is 0 Å². The van der Waals surface area contributed by atoms with Crippen LogP contribution >= 0.6 is 23.5 Å². The summed E-state index contributed by atoms with van der Waals surface area (Å²) < 4.78 is 0. The van der Waals surface area contributed by atoms with Gasteiger partial charge in [-0.3, -0.25) is 0 Å². The molecule has 0 saturated carbocycles. The van der Waals surface area contributed by atoms with E-state index in [0.29, 0.717) is 5.75 Å². The van der Waals surface area contributed by atoms with Crippen LogP contribution < -0.4 is 0 Å². The molecule has 1 N–H and O–H groups in total. The maximum Gasteiger partial charge on any atom is 0.129 e. The molecular weight excluding hydrogens is 188 g/mol. The summed E-state index contributed by atoms with van der Waals surface area (Å²) >= 11 is 3.28. The minimum absolute atomic E-state index is 0.387. The Bertz CT molecular complexity index is 259. The fourth-order valence-corrected chi connectivity index (χ4v) is 2.23. The monoisotopic (exact) mass is 200 g/mol. The van der Waals surface area contributed by atoms with Gasteiger partial charge in [0.25, 0.3) is 0 Å². The van der Waals surface area contributed by atoms with Gasteiger partial charge in [-0.15, -0.1) is 23.5 Å². The first-order chi connectivity index (χ1) is 5.69. The van der Waals surface area contributed by atoms with E-state index in [-0.39, 0.29) is 0 Å². The Kier molecular flexibility index (Phi) is 3.35. The molecule has 0 aliphatic rings. The summed E-state index contributed by atoms with van der Waals surface area (Å²) in [5.74, 6) is 0.387. The van der Waals surface area contributed by atoms with E-state index in [1.807, 2.05) is 31.6 Å². The molecule has 0 saturated heterocycles. The fourth-order valence-electron chi connectivity index (χ4n) is 1.04. The van der Waals surface area contributed by atoms with Crippen molar-refractivity contribution in [1.29, 1.82) is 0 Å². The molecule has 3 heteroatoms. The van der Waals surface area contributed by atoms with Crippen LogP contribution in [0.2, 0.25) is 0 Å². The number of aromatic hydroxyl groups is 1. The Balaban J connectivity index is 3.18. The maximum atomic E-state index is 9.48. The maximum absolute atomic E-state index is 9.48. The molecule has 1 rings (SSSR count). The fraction of sp³-hybridized carbons (Fsp3) is 0.333. The molecule has 0 atom stereocenters. The quantitative estimate of drug-likeness (QED) is 0.741. The molecule has 1 aromatic rings. The van der Waals surface area contributed by atoms with Gasteiger partial charge in [0.15, 0.2) is 0 Å². The van der Waals surface area contributed by atoms with Gasteiger partial charge in [-0.1, -0.05) is 0 Å². The molecule has 0 aromatic heterocycles. The Morgan fingerprint density at radius 3 is 2.17 bits per heavy atom. The average Bonchev–Trinajstić information content (AvgIpc) is 2.05. The lowest BCUT2D eigenvalue weighted by Gasteiger charge is -2.06. The third kappa shape index (κ3) is 1.90. The molecule has 66 valence electrons. The molecule has 0 heterocycles. The van der Waals surface area contributed by atoms with Crippen molar-refractivity contribution in [1.82, 2.24) is 0 Å².